The van der Waals surface area contributed by atoms with Crippen molar-refractivity contribution in [1.82, 2.24) is 24.4 Å². The number of carbonyl (C=O) groups excluding carboxylic acids is 2. The van der Waals surface area contributed by atoms with Gasteiger partial charge in [0, 0.05) is 30.8 Å². The number of hydrogen-bond donors (Lipinski definition) is 1. The summed E-state index contributed by atoms with van der Waals surface area (Å²) in [5, 5.41) is 8.43. The van der Waals surface area contributed by atoms with Crippen molar-refractivity contribution in [3.8, 4) is 0 Å². The van der Waals surface area contributed by atoms with E-state index in [0.29, 0.717) is 31.3 Å². The van der Waals surface area contributed by atoms with Gasteiger partial charge in [-0.05, 0) is 24.3 Å². The molecular formula is C26H31ClN6O4. The Morgan fingerprint density at radius 3 is 2.54 bits per heavy atom. The van der Waals surface area contributed by atoms with Gasteiger partial charge in [0.05, 0.1) is 19.3 Å². The molecule has 4 heterocycles. The maximum absolute atomic E-state index is 12.6. The molecule has 0 aliphatic carbocycles. The highest BCUT2D eigenvalue weighted by Crippen LogP contribution is 2.26. The fourth-order valence-electron chi connectivity index (χ4n) is 4.57. The topological polar surface area (TPSA) is 101 Å². The number of nitrogens with one attached hydrogen (secondary N) is 1. The zero-order valence-electron chi connectivity index (χ0n) is 21.0. The lowest BCUT2D eigenvalue weighted by Gasteiger charge is -2.39. The van der Waals surface area contributed by atoms with Gasteiger partial charge in [0.25, 0.3) is 0 Å². The summed E-state index contributed by atoms with van der Waals surface area (Å²) >= 11 is 6.29. The largest absolute Gasteiger partial charge is 0.445 e. The minimum atomic E-state index is -0.397. The molecule has 2 saturated heterocycles. The molecule has 37 heavy (non-hydrogen) atoms. The highest BCUT2D eigenvalue weighted by atomic mass is 35.5. The maximum atomic E-state index is 12.6. The zero-order chi connectivity index (χ0) is 25.9. The van der Waals surface area contributed by atoms with Crippen molar-refractivity contribution in [2.45, 2.75) is 51.4 Å². The summed E-state index contributed by atoms with van der Waals surface area (Å²) < 4.78 is 12.7. The van der Waals surface area contributed by atoms with E-state index in [0.717, 1.165) is 35.4 Å². The molecule has 0 unspecified atom stereocenters. The number of amides is 2. The molecule has 1 aromatic carbocycles. The molecule has 2 amide bonds. The summed E-state index contributed by atoms with van der Waals surface area (Å²) in [7, 11) is 0. The van der Waals surface area contributed by atoms with Crippen molar-refractivity contribution in [1.29, 1.82) is 0 Å². The van der Waals surface area contributed by atoms with E-state index >= 15 is 0 Å². The second kappa shape index (κ2) is 10.8. The summed E-state index contributed by atoms with van der Waals surface area (Å²) in [4.78, 5) is 32.5. The van der Waals surface area contributed by atoms with Crippen molar-refractivity contribution in [3.05, 3.63) is 58.9 Å². The van der Waals surface area contributed by atoms with Crippen LogP contribution in [0.2, 0.25) is 5.15 Å². The van der Waals surface area contributed by atoms with Crippen LogP contribution in [-0.2, 0) is 16.1 Å². The molecule has 1 N–H and O–H groups in total. The van der Waals surface area contributed by atoms with Gasteiger partial charge in [0.15, 0.2) is 5.65 Å². The van der Waals surface area contributed by atoms with E-state index in [1.165, 1.54) is 4.90 Å². The standard InChI is InChI=1S/C26H31ClN6O4/c1-17(2)21-13-28-33-23(12-22(27)30-24(21)33)29-19-8-10-31(11-9-19)26(35)37-20-14-32(15-20)25(34)36-16-18-6-4-3-5-7-18/h3-7,12-13,17,19-20,29H,8-11,14-16H2,1-2H3. The van der Waals surface area contributed by atoms with Crippen LogP contribution in [-0.4, -0.2) is 74.9 Å². The van der Waals surface area contributed by atoms with Gasteiger partial charge < -0.3 is 24.6 Å². The Balaban J connectivity index is 1.06. The molecule has 0 radical (unpaired) electrons. The third kappa shape index (κ3) is 5.74. The molecule has 2 aliphatic rings. The van der Waals surface area contributed by atoms with E-state index in [1.807, 2.05) is 36.5 Å². The fourth-order valence-corrected chi connectivity index (χ4v) is 4.75. The Bertz CT molecular complexity index is 1250. The minimum Gasteiger partial charge on any atom is -0.445 e. The number of aromatic nitrogens is 3. The number of ether oxygens (including phenoxy) is 2. The van der Waals surface area contributed by atoms with Gasteiger partial charge in [-0.15, -0.1) is 0 Å². The highest BCUT2D eigenvalue weighted by molar-refractivity contribution is 6.29. The van der Waals surface area contributed by atoms with Crippen molar-refractivity contribution >= 4 is 35.3 Å². The Morgan fingerprint density at radius 2 is 1.84 bits per heavy atom. The van der Waals surface area contributed by atoms with Crippen molar-refractivity contribution < 1.29 is 19.1 Å². The first-order valence-corrected chi connectivity index (χ1v) is 13.0. The van der Waals surface area contributed by atoms with Gasteiger partial charge in [-0.1, -0.05) is 55.8 Å². The van der Waals surface area contributed by atoms with Crippen LogP contribution in [0, 0.1) is 0 Å². The number of benzene rings is 1. The summed E-state index contributed by atoms with van der Waals surface area (Å²) in [6.45, 7) is 6.26. The summed E-state index contributed by atoms with van der Waals surface area (Å²) in [6, 6.07) is 11.5. The van der Waals surface area contributed by atoms with Gasteiger partial charge in [0.2, 0.25) is 0 Å². The molecule has 10 nitrogen and oxygen atoms in total. The molecule has 0 saturated carbocycles. The highest BCUT2D eigenvalue weighted by Gasteiger charge is 2.36. The van der Waals surface area contributed by atoms with Crippen LogP contribution in [0.4, 0.5) is 15.4 Å². The van der Waals surface area contributed by atoms with Crippen molar-refractivity contribution in [2.75, 3.05) is 31.5 Å². The normalized spacial score (nSPS) is 16.6. The monoisotopic (exact) mass is 526 g/mol. The third-order valence-electron chi connectivity index (χ3n) is 6.77. The van der Waals surface area contributed by atoms with E-state index in [-0.39, 0.29) is 30.8 Å². The van der Waals surface area contributed by atoms with E-state index in [1.54, 1.807) is 15.5 Å². The number of rotatable bonds is 6. The van der Waals surface area contributed by atoms with E-state index in [2.05, 4.69) is 29.2 Å². The lowest BCUT2D eigenvalue weighted by Crippen LogP contribution is -2.56. The molecular weight excluding hydrogens is 496 g/mol. The maximum Gasteiger partial charge on any atom is 0.410 e. The molecule has 196 valence electrons. The summed E-state index contributed by atoms with van der Waals surface area (Å²) in [6.07, 6.45) is 2.30. The predicted molar refractivity (Wildman–Crippen MR) is 139 cm³/mol. The third-order valence-corrected chi connectivity index (χ3v) is 6.97. The number of halogens is 1. The van der Waals surface area contributed by atoms with Crippen LogP contribution in [0.15, 0.2) is 42.6 Å². The van der Waals surface area contributed by atoms with E-state index < -0.39 is 6.09 Å². The Morgan fingerprint density at radius 1 is 1.11 bits per heavy atom. The lowest BCUT2D eigenvalue weighted by atomic mass is 10.1. The predicted octanol–water partition coefficient (Wildman–Crippen LogP) is 4.54. The van der Waals surface area contributed by atoms with Crippen molar-refractivity contribution in [2.24, 2.45) is 0 Å². The average Bonchev–Trinajstić information content (AvgIpc) is 3.30. The van der Waals surface area contributed by atoms with Crippen LogP contribution < -0.4 is 5.32 Å². The minimum absolute atomic E-state index is 0.163. The molecule has 2 aromatic heterocycles. The van der Waals surface area contributed by atoms with Crippen molar-refractivity contribution in [3.63, 3.8) is 0 Å². The van der Waals surface area contributed by atoms with Gasteiger partial charge in [0.1, 0.15) is 23.7 Å². The Kier molecular flexibility index (Phi) is 7.36. The molecule has 2 aliphatic heterocycles. The SMILES string of the molecule is CC(C)c1cnn2c(NC3CCN(C(=O)OC4CN(C(=O)OCc5ccccc5)C4)CC3)cc(Cl)nc12. The average molecular weight is 527 g/mol. The van der Waals surface area contributed by atoms with Crippen LogP contribution in [0.1, 0.15) is 43.7 Å². The van der Waals surface area contributed by atoms with Gasteiger partial charge in [-0.2, -0.15) is 9.61 Å². The quantitative estimate of drug-likeness (QED) is 0.470. The first-order valence-electron chi connectivity index (χ1n) is 12.6. The first-order chi connectivity index (χ1) is 17.9. The second-order valence-electron chi connectivity index (χ2n) is 9.81. The van der Waals surface area contributed by atoms with Gasteiger partial charge in [-0.3, -0.25) is 0 Å². The zero-order valence-corrected chi connectivity index (χ0v) is 21.7. The van der Waals surface area contributed by atoms with Gasteiger partial charge in [-0.25, -0.2) is 14.6 Å². The molecule has 0 spiro atoms. The number of anilines is 1. The number of nitrogens with zero attached hydrogens (tertiary/aromatic N) is 5. The van der Waals surface area contributed by atoms with Gasteiger partial charge >= 0.3 is 12.2 Å². The Labute approximate surface area is 220 Å². The number of carbonyl (C=O) groups is 2. The lowest BCUT2D eigenvalue weighted by molar-refractivity contribution is -0.0282. The number of hydrogen-bond acceptors (Lipinski definition) is 7. The van der Waals surface area contributed by atoms with Crippen LogP contribution in [0.5, 0.6) is 0 Å². The second-order valence-corrected chi connectivity index (χ2v) is 10.2. The summed E-state index contributed by atoms with van der Waals surface area (Å²) in [5.41, 5.74) is 2.73. The Hall–Kier alpha value is -3.53. The molecule has 0 bridgehead atoms. The number of fused-ring (bicyclic) bond motifs is 1. The first kappa shape index (κ1) is 25.1. The molecule has 5 rings (SSSR count). The van der Waals surface area contributed by atoms with E-state index in [9.17, 15) is 9.59 Å². The number of piperidine rings is 1. The fraction of sp³-hybridized carbons (Fsp3) is 0.462. The molecule has 0 atom stereocenters. The van der Waals surface area contributed by atoms with Crippen LogP contribution >= 0.6 is 11.6 Å². The molecule has 3 aromatic rings. The van der Waals surface area contributed by atoms with Crippen LogP contribution in [0.3, 0.4) is 0 Å². The smallest absolute Gasteiger partial charge is 0.410 e. The molecule has 11 heteroatoms. The molecule has 2 fully saturated rings. The number of likely N-dealkylation sites (tertiary alicyclic amines) is 2. The van der Waals surface area contributed by atoms with Crippen LogP contribution in [0.25, 0.3) is 5.65 Å². The summed E-state index contributed by atoms with van der Waals surface area (Å²) in [5.74, 6) is 1.07. The van der Waals surface area contributed by atoms with E-state index in [4.69, 9.17) is 21.1 Å².